The van der Waals surface area contributed by atoms with Crippen molar-refractivity contribution in [2.75, 3.05) is 13.1 Å². The quantitative estimate of drug-likeness (QED) is 0.738. The molecule has 0 saturated carbocycles. The first-order chi connectivity index (χ1) is 9.40. The fourth-order valence-corrected chi connectivity index (χ4v) is 1.48. The summed E-state index contributed by atoms with van der Waals surface area (Å²) in [5, 5.41) is 14.6. The third kappa shape index (κ3) is 5.26. The predicted molar refractivity (Wildman–Crippen MR) is 72.9 cm³/mol. The van der Waals surface area contributed by atoms with Crippen LogP contribution in [0.4, 0.5) is 4.39 Å². The van der Waals surface area contributed by atoms with Crippen LogP contribution >= 0.6 is 0 Å². The fraction of sp³-hybridized carbons (Fsp3) is 0.429. The second kappa shape index (κ2) is 7.47. The molecule has 0 heterocycles. The minimum atomic E-state index is -0.612. The van der Waals surface area contributed by atoms with E-state index in [0.29, 0.717) is 12.5 Å². The van der Waals surface area contributed by atoms with Crippen molar-refractivity contribution in [1.29, 1.82) is 0 Å². The third-order valence-corrected chi connectivity index (χ3v) is 2.55. The zero-order valence-electron chi connectivity index (χ0n) is 11.6. The predicted octanol–water partition coefficient (Wildman–Crippen LogP) is 1.42. The Morgan fingerprint density at radius 2 is 2.00 bits per heavy atom. The van der Waals surface area contributed by atoms with E-state index in [1.54, 1.807) is 0 Å². The maximum absolute atomic E-state index is 13.0. The van der Waals surface area contributed by atoms with Crippen molar-refractivity contribution in [2.45, 2.75) is 20.3 Å². The number of aromatic hydroxyl groups is 1. The fourth-order valence-electron chi connectivity index (χ4n) is 1.48. The van der Waals surface area contributed by atoms with Gasteiger partial charge in [-0.2, -0.15) is 0 Å². The van der Waals surface area contributed by atoms with Crippen molar-refractivity contribution in [3.05, 3.63) is 29.6 Å². The smallest absolute Gasteiger partial charge is 0.255 e. The molecule has 0 spiro atoms. The lowest BCUT2D eigenvalue weighted by Gasteiger charge is -2.09. The third-order valence-electron chi connectivity index (χ3n) is 2.55. The van der Waals surface area contributed by atoms with Gasteiger partial charge in [-0.05, 0) is 24.1 Å². The Labute approximate surface area is 117 Å². The summed E-state index contributed by atoms with van der Waals surface area (Å²) in [6, 6.07) is 3.12. The van der Waals surface area contributed by atoms with Gasteiger partial charge in [-0.15, -0.1) is 0 Å². The molecule has 1 aromatic carbocycles. The molecule has 0 aliphatic rings. The lowest BCUT2D eigenvalue weighted by molar-refractivity contribution is -0.121. The first-order valence-electron chi connectivity index (χ1n) is 6.43. The van der Waals surface area contributed by atoms with E-state index in [4.69, 9.17) is 0 Å². The van der Waals surface area contributed by atoms with E-state index in [0.717, 1.165) is 18.2 Å². The molecular weight excluding hydrogens is 263 g/mol. The van der Waals surface area contributed by atoms with Gasteiger partial charge in [-0.25, -0.2) is 4.39 Å². The molecule has 1 rings (SSSR count). The summed E-state index contributed by atoms with van der Waals surface area (Å²) in [5.41, 5.74) is -0.146. The monoisotopic (exact) mass is 282 g/mol. The zero-order chi connectivity index (χ0) is 15.1. The van der Waals surface area contributed by atoms with Crippen LogP contribution in [-0.4, -0.2) is 30.0 Å². The standard InChI is InChI=1S/C14H19FN2O3/c1-9(2)8-17-13(19)5-6-16-14(20)11-7-10(15)3-4-12(11)18/h3-4,7,9,18H,5-6,8H2,1-2H3,(H,16,20)(H,17,19). The van der Waals surface area contributed by atoms with Gasteiger partial charge in [0, 0.05) is 19.5 Å². The summed E-state index contributed by atoms with van der Waals surface area (Å²) in [6.07, 6.45) is 0.133. The van der Waals surface area contributed by atoms with E-state index in [2.05, 4.69) is 10.6 Å². The van der Waals surface area contributed by atoms with E-state index in [9.17, 15) is 19.1 Å². The number of phenolic OH excluding ortho intramolecular Hbond substituents is 1. The highest BCUT2D eigenvalue weighted by atomic mass is 19.1. The van der Waals surface area contributed by atoms with E-state index in [-0.39, 0.29) is 30.2 Å². The summed E-state index contributed by atoms with van der Waals surface area (Å²) >= 11 is 0. The number of amides is 2. The molecule has 0 atom stereocenters. The maximum atomic E-state index is 13.0. The van der Waals surface area contributed by atoms with Crippen molar-refractivity contribution in [2.24, 2.45) is 5.92 Å². The molecule has 2 amide bonds. The number of rotatable bonds is 6. The van der Waals surface area contributed by atoms with Crippen LogP contribution in [0.1, 0.15) is 30.6 Å². The summed E-state index contributed by atoms with van der Waals surface area (Å²) in [4.78, 5) is 23.1. The molecule has 0 aliphatic carbocycles. The number of halogens is 1. The van der Waals surface area contributed by atoms with E-state index < -0.39 is 11.7 Å². The molecule has 0 aromatic heterocycles. The molecule has 110 valence electrons. The Morgan fingerprint density at radius 3 is 2.65 bits per heavy atom. The minimum Gasteiger partial charge on any atom is -0.507 e. The van der Waals surface area contributed by atoms with Crippen LogP contribution in [0.15, 0.2) is 18.2 Å². The largest absolute Gasteiger partial charge is 0.507 e. The number of nitrogens with one attached hydrogen (secondary N) is 2. The lowest BCUT2D eigenvalue weighted by atomic mass is 10.2. The molecule has 0 radical (unpaired) electrons. The summed E-state index contributed by atoms with van der Waals surface area (Å²) in [7, 11) is 0. The average Bonchev–Trinajstić information content (AvgIpc) is 2.39. The number of hydrogen-bond acceptors (Lipinski definition) is 3. The van der Waals surface area contributed by atoms with Crippen LogP contribution in [0, 0.1) is 11.7 Å². The van der Waals surface area contributed by atoms with Crippen molar-refractivity contribution in [3.63, 3.8) is 0 Å². The molecular formula is C14H19FN2O3. The molecule has 6 heteroatoms. The molecule has 3 N–H and O–H groups in total. The van der Waals surface area contributed by atoms with Crippen LogP contribution in [0.25, 0.3) is 0 Å². The summed E-state index contributed by atoms with van der Waals surface area (Å²) < 4.78 is 13.0. The minimum absolute atomic E-state index is 0.124. The first-order valence-corrected chi connectivity index (χ1v) is 6.43. The van der Waals surface area contributed by atoms with Crippen LogP contribution in [-0.2, 0) is 4.79 Å². The molecule has 0 aliphatic heterocycles. The number of benzene rings is 1. The topological polar surface area (TPSA) is 78.4 Å². The van der Waals surface area contributed by atoms with Gasteiger partial charge in [-0.3, -0.25) is 9.59 Å². The highest BCUT2D eigenvalue weighted by Crippen LogP contribution is 2.17. The van der Waals surface area contributed by atoms with Crippen molar-refractivity contribution >= 4 is 11.8 Å². The van der Waals surface area contributed by atoms with Gasteiger partial charge in [0.2, 0.25) is 5.91 Å². The summed E-state index contributed by atoms with van der Waals surface area (Å²) in [6.45, 7) is 4.67. The molecule has 0 saturated heterocycles. The Hall–Kier alpha value is -2.11. The summed E-state index contributed by atoms with van der Waals surface area (Å²) in [5.74, 6) is -1.32. The van der Waals surface area contributed by atoms with Gasteiger partial charge >= 0.3 is 0 Å². The van der Waals surface area contributed by atoms with Crippen molar-refractivity contribution < 1.29 is 19.1 Å². The Morgan fingerprint density at radius 1 is 1.30 bits per heavy atom. The van der Waals surface area contributed by atoms with Crippen LogP contribution in [0.3, 0.4) is 0 Å². The van der Waals surface area contributed by atoms with Gasteiger partial charge in [0.05, 0.1) is 5.56 Å². The molecule has 0 fully saturated rings. The molecule has 0 unspecified atom stereocenters. The Balaban J connectivity index is 2.40. The van der Waals surface area contributed by atoms with Crippen molar-refractivity contribution in [3.8, 4) is 5.75 Å². The lowest BCUT2D eigenvalue weighted by Crippen LogP contribution is -2.32. The highest BCUT2D eigenvalue weighted by Gasteiger charge is 2.12. The number of hydrogen-bond donors (Lipinski definition) is 3. The van der Waals surface area contributed by atoms with Gasteiger partial charge in [0.25, 0.3) is 5.91 Å². The molecule has 1 aromatic rings. The SMILES string of the molecule is CC(C)CNC(=O)CCNC(=O)c1cc(F)ccc1O. The Bertz CT molecular complexity index is 489. The molecule has 20 heavy (non-hydrogen) atoms. The average molecular weight is 282 g/mol. The first kappa shape index (κ1) is 15.9. The van der Waals surface area contributed by atoms with Gasteiger partial charge < -0.3 is 15.7 Å². The van der Waals surface area contributed by atoms with Crippen LogP contribution in [0.2, 0.25) is 0 Å². The van der Waals surface area contributed by atoms with E-state index in [1.807, 2.05) is 13.8 Å². The highest BCUT2D eigenvalue weighted by molar-refractivity contribution is 5.97. The zero-order valence-corrected chi connectivity index (χ0v) is 11.6. The van der Waals surface area contributed by atoms with Crippen LogP contribution < -0.4 is 10.6 Å². The molecule has 0 bridgehead atoms. The number of carbonyl (C=O) groups is 2. The molecule has 5 nitrogen and oxygen atoms in total. The van der Waals surface area contributed by atoms with Gasteiger partial charge in [0.1, 0.15) is 11.6 Å². The van der Waals surface area contributed by atoms with Gasteiger partial charge in [-0.1, -0.05) is 13.8 Å². The second-order valence-corrected chi connectivity index (χ2v) is 4.87. The number of carbonyl (C=O) groups excluding carboxylic acids is 2. The van der Waals surface area contributed by atoms with E-state index in [1.165, 1.54) is 0 Å². The maximum Gasteiger partial charge on any atom is 0.255 e. The van der Waals surface area contributed by atoms with Gasteiger partial charge in [0.15, 0.2) is 0 Å². The normalized spacial score (nSPS) is 10.4. The number of phenols is 1. The van der Waals surface area contributed by atoms with Crippen molar-refractivity contribution in [1.82, 2.24) is 10.6 Å². The van der Waals surface area contributed by atoms with E-state index >= 15 is 0 Å². The van der Waals surface area contributed by atoms with Crippen LogP contribution in [0.5, 0.6) is 5.75 Å². The second-order valence-electron chi connectivity index (χ2n) is 4.87. The Kier molecular flexibility index (Phi) is 5.96.